The quantitative estimate of drug-likeness (QED) is 0.508. The Morgan fingerprint density at radius 2 is 1.87 bits per heavy atom. The number of guanidine groups is 1. The van der Waals surface area contributed by atoms with Gasteiger partial charge in [-0.15, -0.1) is 0 Å². The smallest absolute Gasteiger partial charge is 0.390 e. The van der Waals surface area contributed by atoms with E-state index in [4.69, 9.17) is 4.74 Å². The van der Waals surface area contributed by atoms with Gasteiger partial charge < -0.3 is 14.9 Å². The molecule has 0 spiro atoms. The Bertz CT molecular complexity index is 880. The second kappa shape index (κ2) is 8.80. The second-order valence-electron chi connectivity index (χ2n) is 7.60. The van der Waals surface area contributed by atoms with Crippen molar-refractivity contribution in [2.24, 2.45) is 4.99 Å². The van der Waals surface area contributed by atoms with Crippen molar-refractivity contribution < 1.29 is 29.1 Å². The van der Waals surface area contributed by atoms with Crippen LogP contribution in [0, 0.1) is 6.92 Å². The summed E-state index contributed by atoms with van der Waals surface area (Å²) in [6, 6.07) is 6.15. The Kier molecular flexibility index (Phi) is 6.37. The van der Waals surface area contributed by atoms with Gasteiger partial charge in [-0.2, -0.15) is 0 Å². The third-order valence-electron chi connectivity index (χ3n) is 4.96. The fourth-order valence-corrected chi connectivity index (χ4v) is 3.28. The van der Waals surface area contributed by atoms with E-state index in [1.165, 1.54) is 11.9 Å². The van der Waals surface area contributed by atoms with Crippen molar-refractivity contribution in [2.45, 2.75) is 32.1 Å². The van der Waals surface area contributed by atoms with Crippen molar-refractivity contribution in [3.63, 3.8) is 0 Å². The third-order valence-corrected chi connectivity index (χ3v) is 4.96. The lowest BCUT2D eigenvalue weighted by molar-refractivity contribution is -0.545. The summed E-state index contributed by atoms with van der Waals surface area (Å²) in [6.45, 7) is 3.86. The van der Waals surface area contributed by atoms with Crippen LogP contribution in [0.25, 0.3) is 0 Å². The van der Waals surface area contributed by atoms with Crippen molar-refractivity contribution in [1.82, 2.24) is 15.1 Å². The van der Waals surface area contributed by atoms with E-state index in [1.54, 1.807) is 18.5 Å². The number of nitrogens with zero attached hydrogens (tertiary/aromatic N) is 4. The fraction of sp³-hybridized carbons (Fsp3) is 0.500. The number of rotatable bonds is 7. The summed E-state index contributed by atoms with van der Waals surface area (Å²) in [7, 11) is 2.96. The van der Waals surface area contributed by atoms with E-state index in [9.17, 15) is 19.8 Å². The Hall–Kier alpha value is -2.98. The van der Waals surface area contributed by atoms with Gasteiger partial charge >= 0.3 is 12.0 Å². The van der Waals surface area contributed by atoms with Crippen molar-refractivity contribution in [3.8, 4) is 5.75 Å². The summed E-state index contributed by atoms with van der Waals surface area (Å²) in [5, 5.41) is 23.2. The molecule has 2 aliphatic rings. The minimum atomic E-state index is -0.926. The topological polar surface area (TPSA) is 118 Å². The fourth-order valence-electron chi connectivity index (χ4n) is 3.28. The zero-order valence-corrected chi connectivity index (χ0v) is 17.6. The number of hydrogen-bond donors (Lipinski definition) is 3. The number of benzene rings is 1. The summed E-state index contributed by atoms with van der Waals surface area (Å²) < 4.78 is 7.24. The Morgan fingerprint density at radius 3 is 2.50 bits per heavy atom. The molecule has 3 amide bonds. The number of aliphatic imine (C=N–C) groups is 1. The molecular formula is C20H28N5O5+. The number of carbonyl (C=O) groups is 2. The van der Waals surface area contributed by atoms with Crippen LogP contribution >= 0.6 is 0 Å². The molecule has 3 atom stereocenters. The SMILES string of the molecule is Cc1ccc(OCC(O)C[N+]2=C(NCC(C)O)N=C3C2C(=O)N(C)C(=O)N3C)cc1. The summed E-state index contributed by atoms with van der Waals surface area (Å²) >= 11 is 0. The first-order valence-electron chi connectivity index (χ1n) is 9.76. The molecule has 1 fully saturated rings. The van der Waals surface area contributed by atoms with Gasteiger partial charge in [-0.3, -0.25) is 19.9 Å². The van der Waals surface area contributed by atoms with E-state index in [1.807, 2.05) is 31.2 Å². The lowest BCUT2D eigenvalue weighted by Crippen LogP contribution is -2.62. The predicted molar refractivity (Wildman–Crippen MR) is 110 cm³/mol. The van der Waals surface area contributed by atoms with Gasteiger partial charge in [0.1, 0.15) is 18.5 Å². The number of fused-ring (bicyclic) bond motifs is 1. The molecule has 2 heterocycles. The van der Waals surface area contributed by atoms with Crippen molar-refractivity contribution in [1.29, 1.82) is 0 Å². The number of β-amino-alcohol motifs (C(OH)–C–C–N with tert-alkyl or cyclic N) is 1. The van der Waals surface area contributed by atoms with Crippen LogP contribution in [-0.2, 0) is 4.79 Å². The number of aryl methyl sites for hydroxylation is 1. The molecule has 0 bridgehead atoms. The number of likely N-dealkylation sites (N-methyl/N-ethyl adjacent to an activating group) is 2. The monoisotopic (exact) mass is 418 g/mol. The number of ether oxygens (including phenoxy) is 1. The van der Waals surface area contributed by atoms with Crippen molar-refractivity contribution >= 4 is 23.7 Å². The van der Waals surface area contributed by atoms with Crippen molar-refractivity contribution in [3.05, 3.63) is 29.8 Å². The standard InChI is InChI=1S/C20H27N5O5/c1-12-5-7-15(8-6-12)30-11-14(27)10-25-16-17(22-19(25)21-9-13(2)26)23(3)20(29)24(4)18(16)28/h5-8,13-14,16,26-27H,9-11H2,1-4H3/p+1. The van der Waals surface area contributed by atoms with Crippen LogP contribution in [0.1, 0.15) is 12.5 Å². The molecule has 2 aliphatic heterocycles. The summed E-state index contributed by atoms with van der Waals surface area (Å²) in [5.74, 6) is 0.794. The highest BCUT2D eigenvalue weighted by Crippen LogP contribution is 2.19. The number of urea groups is 1. The first kappa shape index (κ1) is 21.7. The molecule has 0 aromatic heterocycles. The number of aliphatic hydroxyl groups is 2. The van der Waals surface area contributed by atoms with Crippen LogP contribution in [0.3, 0.4) is 0 Å². The van der Waals surface area contributed by atoms with Gasteiger partial charge in [0.2, 0.25) is 11.9 Å². The maximum Gasteiger partial charge on any atom is 0.390 e. The van der Waals surface area contributed by atoms with E-state index < -0.39 is 30.2 Å². The first-order valence-corrected chi connectivity index (χ1v) is 9.76. The minimum absolute atomic E-state index is 0.0180. The van der Waals surface area contributed by atoms with Crippen LogP contribution in [-0.4, -0.2) is 100 Å². The highest BCUT2D eigenvalue weighted by molar-refractivity contribution is 6.22. The van der Waals surface area contributed by atoms with Gasteiger partial charge in [0, 0.05) is 14.1 Å². The lowest BCUT2D eigenvalue weighted by Gasteiger charge is -2.32. The van der Waals surface area contributed by atoms with Gasteiger partial charge in [-0.05, 0) is 26.0 Å². The van der Waals surface area contributed by atoms with E-state index in [-0.39, 0.29) is 25.5 Å². The molecule has 0 radical (unpaired) electrons. The van der Waals surface area contributed by atoms with Crippen LogP contribution in [0.15, 0.2) is 29.3 Å². The molecule has 1 saturated heterocycles. The largest absolute Gasteiger partial charge is 0.491 e. The van der Waals surface area contributed by atoms with Gasteiger partial charge in [0.15, 0.2) is 0 Å². The van der Waals surface area contributed by atoms with E-state index in [0.717, 1.165) is 10.5 Å². The normalized spacial score (nSPS) is 20.9. The van der Waals surface area contributed by atoms with E-state index in [0.29, 0.717) is 11.7 Å². The average Bonchev–Trinajstić information content (AvgIpc) is 3.07. The van der Waals surface area contributed by atoms with Gasteiger partial charge in [-0.25, -0.2) is 9.37 Å². The average molecular weight is 418 g/mol. The molecule has 162 valence electrons. The molecule has 10 nitrogen and oxygen atoms in total. The maximum atomic E-state index is 12.8. The predicted octanol–water partition coefficient (Wildman–Crippen LogP) is -0.622. The molecule has 3 rings (SSSR count). The number of hydrogen-bond acceptors (Lipinski definition) is 7. The van der Waals surface area contributed by atoms with Crippen LogP contribution in [0.4, 0.5) is 4.79 Å². The number of aliphatic hydroxyl groups excluding tert-OH is 2. The number of imide groups is 1. The van der Waals surface area contributed by atoms with E-state index >= 15 is 0 Å². The summed E-state index contributed by atoms with van der Waals surface area (Å²) in [6.07, 6.45) is -1.57. The van der Waals surface area contributed by atoms with Gasteiger partial charge in [0.25, 0.3) is 5.91 Å². The van der Waals surface area contributed by atoms with Gasteiger partial charge in [0.05, 0.1) is 19.2 Å². The summed E-state index contributed by atoms with van der Waals surface area (Å²) in [4.78, 5) is 31.8. The number of amidine groups is 1. The number of amides is 3. The zero-order valence-electron chi connectivity index (χ0n) is 17.6. The Labute approximate surface area is 175 Å². The van der Waals surface area contributed by atoms with Crippen LogP contribution < -0.4 is 10.1 Å². The molecule has 30 heavy (non-hydrogen) atoms. The molecule has 3 N–H and O–H groups in total. The molecule has 0 saturated carbocycles. The summed E-state index contributed by atoms with van der Waals surface area (Å²) in [5.41, 5.74) is 1.10. The molecule has 10 heteroatoms. The molecule has 1 aromatic rings. The minimum Gasteiger partial charge on any atom is -0.491 e. The maximum absolute atomic E-state index is 12.8. The van der Waals surface area contributed by atoms with Gasteiger partial charge in [-0.1, -0.05) is 22.7 Å². The molecule has 1 aromatic carbocycles. The number of carbonyl (C=O) groups excluding carboxylic acids is 2. The Morgan fingerprint density at radius 1 is 1.20 bits per heavy atom. The number of nitrogens with one attached hydrogen (secondary N) is 1. The zero-order chi connectivity index (χ0) is 22.0. The first-order chi connectivity index (χ1) is 14.2. The van der Waals surface area contributed by atoms with Crippen LogP contribution in [0.5, 0.6) is 5.75 Å². The van der Waals surface area contributed by atoms with E-state index in [2.05, 4.69) is 10.3 Å². The third kappa shape index (κ3) is 4.44. The lowest BCUT2D eigenvalue weighted by atomic mass is 10.1. The molecular weight excluding hydrogens is 390 g/mol. The second-order valence-corrected chi connectivity index (χ2v) is 7.60. The highest BCUT2D eigenvalue weighted by atomic mass is 16.5. The molecule has 0 aliphatic carbocycles. The Balaban J connectivity index is 1.77. The van der Waals surface area contributed by atoms with Crippen molar-refractivity contribution in [2.75, 3.05) is 33.8 Å². The molecule has 3 unspecified atom stereocenters. The highest BCUT2D eigenvalue weighted by Gasteiger charge is 2.51. The van der Waals surface area contributed by atoms with Crippen LogP contribution in [0.2, 0.25) is 0 Å².